The highest BCUT2D eigenvalue weighted by Crippen LogP contribution is 2.17. The van der Waals surface area contributed by atoms with Gasteiger partial charge in [0.15, 0.2) is 18.9 Å². The van der Waals surface area contributed by atoms with Gasteiger partial charge in [-0.2, -0.15) is 0 Å². The van der Waals surface area contributed by atoms with Crippen LogP contribution in [0.4, 0.5) is 5.69 Å². The van der Waals surface area contributed by atoms with Crippen molar-refractivity contribution in [1.29, 1.82) is 0 Å². The second-order valence-electron chi connectivity index (χ2n) is 6.36. The second kappa shape index (κ2) is 8.97. The summed E-state index contributed by atoms with van der Waals surface area (Å²) in [5.41, 5.74) is 4.83. The smallest absolute Gasteiger partial charge is 0.171 e. The number of anilines is 1. The van der Waals surface area contributed by atoms with Gasteiger partial charge in [-0.25, -0.2) is 4.57 Å². The molecule has 3 heteroatoms. The third-order valence-electron chi connectivity index (χ3n) is 4.34. The lowest BCUT2D eigenvalue weighted by Gasteiger charge is -2.19. The molecule has 2 aromatic carbocycles. The van der Waals surface area contributed by atoms with Crippen LogP contribution in [0.1, 0.15) is 16.7 Å². The SMILES string of the molecule is CN(Cc1ccccc1)c1ccc(C=Cc2cc[n+](CCO)cc2)cc1. The number of hydrogen-bond acceptors (Lipinski definition) is 2. The van der Waals surface area contributed by atoms with Crippen molar-refractivity contribution in [3.8, 4) is 0 Å². The maximum atomic E-state index is 8.95. The van der Waals surface area contributed by atoms with E-state index in [4.69, 9.17) is 5.11 Å². The summed E-state index contributed by atoms with van der Waals surface area (Å²) in [5, 5.41) is 8.95. The fraction of sp³-hybridized carbons (Fsp3) is 0.174. The molecule has 0 unspecified atom stereocenters. The summed E-state index contributed by atoms with van der Waals surface area (Å²) in [4.78, 5) is 2.25. The molecule has 0 aliphatic carbocycles. The van der Waals surface area contributed by atoms with Crippen LogP contribution >= 0.6 is 0 Å². The monoisotopic (exact) mass is 345 g/mol. The maximum absolute atomic E-state index is 8.95. The third kappa shape index (κ3) is 5.04. The number of aromatic nitrogens is 1. The van der Waals surface area contributed by atoms with Crippen LogP contribution in [-0.4, -0.2) is 18.8 Å². The average molecular weight is 345 g/mol. The predicted molar refractivity (Wildman–Crippen MR) is 108 cm³/mol. The van der Waals surface area contributed by atoms with E-state index in [1.165, 1.54) is 16.8 Å². The highest BCUT2D eigenvalue weighted by molar-refractivity contribution is 5.70. The Labute approximate surface area is 155 Å². The lowest BCUT2D eigenvalue weighted by molar-refractivity contribution is -0.698. The van der Waals surface area contributed by atoms with Crippen LogP contribution in [0.25, 0.3) is 12.2 Å². The Morgan fingerprint density at radius 1 is 0.846 bits per heavy atom. The molecule has 3 rings (SSSR count). The number of aliphatic hydroxyl groups excluding tert-OH is 1. The van der Waals surface area contributed by atoms with Crippen molar-refractivity contribution in [1.82, 2.24) is 0 Å². The molecule has 3 aromatic rings. The molecule has 26 heavy (non-hydrogen) atoms. The van der Waals surface area contributed by atoms with Crippen molar-refractivity contribution < 1.29 is 9.67 Å². The van der Waals surface area contributed by atoms with Crippen LogP contribution in [0.2, 0.25) is 0 Å². The molecule has 3 nitrogen and oxygen atoms in total. The van der Waals surface area contributed by atoms with E-state index in [1.807, 2.05) is 35.2 Å². The first-order chi connectivity index (χ1) is 12.7. The minimum Gasteiger partial charge on any atom is -0.390 e. The predicted octanol–water partition coefficient (Wildman–Crippen LogP) is 3.77. The zero-order chi connectivity index (χ0) is 18.2. The van der Waals surface area contributed by atoms with Gasteiger partial charge in [-0.15, -0.1) is 0 Å². The van der Waals surface area contributed by atoms with Crippen LogP contribution in [0, 0.1) is 0 Å². The third-order valence-corrected chi connectivity index (χ3v) is 4.34. The molecule has 0 radical (unpaired) electrons. The number of nitrogens with zero attached hydrogens (tertiary/aromatic N) is 2. The molecule has 132 valence electrons. The summed E-state index contributed by atoms with van der Waals surface area (Å²) in [6.45, 7) is 1.68. The summed E-state index contributed by atoms with van der Waals surface area (Å²) in [6.07, 6.45) is 8.19. The van der Waals surface area contributed by atoms with Gasteiger partial charge in [-0.05, 0) is 28.8 Å². The highest BCUT2D eigenvalue weighted by Gasteiger charge is 2.02. The van der Waals surface area contributed by atoms with Crippen molar-refractivity contribution in [2.24, 2.45) is 0 Å². The van der Waals surface area contributed by atoms with Gasteiger partial charge in [0.2, 0.25) is 0 Å². The summed E-state index contributed by atoms with van der Waals surface area (Å²) in [7, 11) is 2.11. The molecule has 1 aromatic heterocycles. The van der Waals surface area contributed by atoms with Crippen molar-refractivity contribution >= 4 is 17.8 Å². The Morgan fingerprint density at radius 3 is 2.08 bits per heavy atom. The standard InChI is InChI=1S/C23H25N2O/c1-24(19-22-5-3-2-4-6-22)23-11-9-20(10-12-23)7-8-21-13-15-25(16-14-21)17-18-26/h2-16,26H,17-19H2,1H3/q+1. The molecule has 0 fully saturated rings. The molecule has 0 amide bonds. The minimum absolute atomic E-state index is 0.158. The average Bonchev–Trinajstić information content (AvgIpc) is 2.69. The summed E-state index contributed by atoms with van der Waals surface area (Å²) >= 11 is 0. The lowest BCUT2D eigenvalue weighted by atomic mass is 10.1. The van der Waals surface area contributed by atoms with Crippen molar-refractivity contribution in [2.75, 3.05) is 18.6 Å². The van der Waals surface area contributed by atoms with Crippen LogP contribution in [0.5, 0.6) is 0 Å². The number of benzene rings is 2. The topological polar surface area (TPSA) is 27.4 Å². The molecular weight excluding hydrogens is 320 g/mol. The number of pyridine rings is 1. The van der Waals surface area contributed by atoms with E-state index < -0.39 is 0 Å². The Bertz CT molecular complexity index is 824. The number of rotatable bonds is 7. The van der Waals surface area contributed by atoms with Crippen molar-refractivity contribution in [2.45, 2.75) is 13.1 Å². The van der Waals surface area contributed by atoms with Crippen LogP contribution < -0.4 is 9.47 Å². The zero-order valence-electron chi connectivity index (χ0n) is 15.1. The maximum Gasteiger partial charge on any atom is 0.171 e. The largest absolute Gasteiger partial charge is 0.390 e. The van der Waals surface area contributed by atoms with Crippen molar-refractivity contribution in [3.05, 3.63) is 95.8 Å². The summed E-state index contributed by atoms with van der Waals surface area (Å²) < 4.78 is 1.97. The quantitative estimate of drug-likeness (QED) is 0.660. The summed E-state index contributed by atoms with van der Waals surface area (Å²) in [6, 6.07) is 23.2. The fourth-order valence-electron chi connectivity index (χ4n) is 2.83. The van der Waals surface area contributed by atoms with E-state index in [9.17, 15) is 0 Å². The van der Waals surface area contributed by atoms with Gasteiger partial charge in [0.05, 0.1) is 0 Å². The second-order valence-corrected chi connectivity index (χ2v) is 6.36. The molecule has 0 aliphatic rings. The Balaban J connectivity index is 1.61. The van der Waals surface area contributed by atoms with Gasteiger partial charge in [0.1, 0.15) is 6.61 Å². The molecular formula is C23H25N2O+. The van der Waals surface area contributed by atoms with Gasteiger partial charge in [0.25, 0.3) is 0 Å². The van der Waals surface area contributed by atoms with Crippen LogP contribution in [0.15, 0.2) is 79.1 Å². The van der Waals surface area contributed by atoms with E-state index in [0.717, 1.165) is 12.1 Å². The van der Waals surface area contributed by atoms with Gasteiger partial charge < -0.3 is 10.0 Å². The Kier molecular flexibility index (Phi) is 6.18. The Morgan fingerprint density at radius 2 is 1.46 bits per heavy atom. The first-order valence-corrected chi connectivity index (χ1v) is 8.88. The molecule has 1 N–H and O–H groups in total. The van der Waals surface area contributed by atoms with Gasteiger partial charge in [-0.3, -0.25) is 0 Å². The number of hydrogen-bond donors (Lipinski definition) is 1. The van der Waals surface area contributed by atoms with E-state index in [0.29, 0.717) is 6.54 Å². The highest BCUT2D eigenvalue weighted by atomic mass is 16.3. The van der Waals surface area contributed by atoms with Crippen molar-refractivity contribution in [3.63, 3.8) is 0 Å². The first-order valence-electron chi connectivity index (χ1n) is 8.88. The normalized spacial score (nSPS) is 11.0. The molecule has 0 spiro atoms. The molecule has 0 bridgehead atoms. The molecule has 0 atom stereocenters. The molecule has 1 heterocycles. The molecule has 0 aliphatic heterocycles. The Hall–Kier alpha value is -2.91. The first kappa shape index (κ1) is 17.9. The lowest BCUT2D eigenvalue weighted by Crippen LogP contribution is -2.34. The fourth-order valence-corrected chi connectivity index (χ4v) is 2.83. The van der Waals surface area contributed by atoms with E-state index in [2.05, 4.69) is 72.6 Å². The van der Waals surface area contributed by atoms with Gasteiger partial charge in [0, 0.05) is 31.4 Å². The van der Waals surface area contributed by atoms with E-state index in [-0.39, 0.29) is 6.61 Å². The van der Waals surface area contributed by atoms with Gasteiger partial charge in [-0.1, -0.05) is 54.6 Å². The number of aliphatic hydroxyl groups is 1. The molecule has 0 saturated carbocycles. The minimum atomic E-state index is 0.158. The summed E-state index contributed by atoms with van der Waals surface area (Å²) in [5.74, 6) is 0. The van der Waals surface area contributed by atoms with E-state index >= 15 is 0 Å². The molecule has 0 saturated heterocycles. The van der Waals surface area contributed by atoms with Crippen LogP contribution in [-0.2, 0) is 13.1 Å². The zero-order valence-corrected chi connectivity index (χ0v) is 15.1. The van der Waals surface area contributed by atoms with Crippen LogP contribution in [0.3, 0.4) is 0 Å². The van der Waals surface area contributed by atoms with E-state index in [1.54, 1.807) is 0 Å². The van der Waals surface area contributed by atoms with Gasteiger partial charge >= 0.3 is 0 Å².